The molecular weight excluding hydrogens is 550 g/mol. The number of ketones is 3. The van der Waals surface area contributed by atoms with E-state index in [4.69, 9.17) is 0 Å². The Hall–Kier alpha value is -4.09. The standard InChI is InChI=1S/C34H24BrNO3/c1-20-11-17-27-23(19-20)14-18-28-34(32(38)25-9-5-6-10-26(25)33(34)39)29(21-12-15-24(35)16-13-21)30(36(27)28)31(37)22-7-3-2-4-8-22/h2-19,28-30H,1H3/t28?,29-,30+/m1/s1. The molecule has 2 aliphatic heterocycles. The number of halogens is 1. The topological polar surface area (TPSA) is 54.5 Å². The number of carbonyl (C=O) groups excluding carboxylic acids is 3. The van der Waals surface area contributed by atoms with Gasteiger partial charge in [-0.25, -0.2) is 0 Å². The largest absolute Gasteiger partial charge is 0.352 e. The molecule has 1 spiro atoms. The normalized spacial score (nSPS) is 22.1. The second kappa shape index (κ2) is 8.72. The van der Waals surface area contributed by atoms with Gasteiger partial charge in [0.1, 0.15) is 11.5 Å². The highest BCUT2D eigenvalue weighted by Gasteiger charge is 2.71. The highest BCUT2D eigenvalue weighted by Crippen LogP contribution is 2.61. The van der Waals surface area contributed by atoms with Crippen LogP contribution in [-0.2, 0) is 0 Å². The van der Waals surface area contributed by atoms with Crippen LogP contribution >= 0.6 is 15.9 Å². The van der Waals surface area contributed by atoms with Gasteiger partial charge >= 0.3 is 0 Å². The molecule has 0 saturated carbocycles. The second-order valence-corrected chi connectivity index (χ2v) is 11.5. The quantitative estimate of drug-likeness (QED) is 0.194. The van der Waals surface area contributed by atoms with E-state index in [-0.39, 0.29) is 17.3 Å². The van der Waals surface area contributed by atoms with E-state index in [1.165, 1.54) is 0 Å². The summed E-state index contributed by atoms with van der Waals surface area (Å²) in [6.07, 6.45) is 3.97. The van der Waals surface area contributed by atoms with Crippen molar-refractivity contribution in [3.63, 3.8) is 0 Å². The molecule has 4 aromatic carbocycles. The van der Waals surface area contributed by atoms with Crippen LogP contribution in [0.3, 0.4) is 0 Å². The number of benzene rings is 4. The summed E-state index contributed by atoms with van der Waals surface area (Å²) in [5, 5.41) is 0. The Morgan fingerprint density at radius 2 is 1.46 bits per heavy atom. The third kappa shape index (κ3) is 3.26. The molecular formula is C34H24BrNO3. The molecule has 5 heteroatoms. The van der Waals surface area contributed by atoms with Gasteiger partial charge in [0.15, 0.2) is 17.3 Å². The average molecular weight is 574 g/mol. The van der Waals surface area contributed by atoms with Crippen LogP contribution in [0.15, 0.2) is 108 Å². The van der Waals surface area contributed by atoms with E-state index in [9.17, 15) is 14.4 Å². The first-order chi connectivity index (χ1) is 18.9. The van der Waals surface area contributed by atoms with Gasteiger partial charge in [0.25, 0.3) is 0 Å². The number of hydrogen-bond donors (Lipinski definition) is 0. The van der Waals surface area contributed by atoms with E-state index in [0.717, 1.165) is 26.9 Å². The lowest BCUT2D eigenvalue weighted by atomic mass is 9.64. The van der Waals surface area contributed by atoms with E-state index in [1.807, 2.05) is 85.8 Å². The number of carbonyl (C=O) groups is 3. The van der Waals surface area contributed by atoms with Crippen molar-refractivity contribution in [2.75, 3.05) is 4.90 Å². The van der Waals surface area contributed by atoms with Crippen molar-refractivity contribution in [2.45, 2.75) is 24.9 Å². The minimum absolute atomic E-state index is 0.108. The maximum atomic E-state index is 14.6. The van der Waals surface area contributed by atoms with Crippen LogP contribution in [0.25, 0.3) is 6.08 Å². The van der Waals surface area contributed by atoms with Gasteiger partial charge < -0.3 is 4.90 Å². The lowest BCUT2D eigenvalue weighted by Crippen LogP contribution is -2.48. The number of rotatable bonds is 3. The first kappa shape index (κ1) is 24.0. The summed E-state index contributed by atoms with van der Waals surface area (Å²) in [4.78, 5) is 45.8. The minimum atomic E-state index is -1.48. The fourth-order valence-corrected chi connectivity index (χ4v) is 7.18. The molecule has 1 unspecified atom stereocenters. The van der Waals surface area contributed by atoms with Crippen LogP contribution in [0.5, 0.6) is 0 Å². The predicted octanol–water partition coefficient (Wildman–Crippen LogP) is 7.07. The summed E-state index contributed by atoms with van der Waals surface area (Å²) in [5.74, 6) is -1.24. The van der Waals surface area contributed by atoms with Crippen LogP contribution < -0.4 is 4.90 Å². The number of nitrogens with zero attached hydrogens (tertiary/aromatic N) is 1. The average Bonchev–Trinajstić information content (AvgIpc) is 3.39. The van der Waals surface area contributed by atoms with Crippen molar-refractivity contribution in [1.82, 2.24) is 0 Å². The lowest BCUT2D eigenvalue weighted by molar-refractivity contribution is 0.0666. The van der Waals surface area contributed by atoms with Crippen molar-refractivity contribution in [2.24, 2.45) is 5.41 Å². The number of fused-ring (bicyclic) bond motifs is 5. The van der Waals surface area contributed by atoms with Crippen LogP contribution in [0.1, 0.15) is 53.7 Å². The Kier molecular flexibility index (Phi) is 5.36. The zero-order valence-corrected chi connectivity index (χ0v) is 22.8. The van der Waals surface area contributed by atoms with E-state index in [1.54, 1.807) is 24.3 Å². The Bertz CT molecular complexity index is 1670. The number of Topliss-reactive ketones (excluding diaryl/α,β-unsaturated/α-hetero) is 3. The molecule has 0 N–H and O–H groups in total. The first-order valence-corrected chi connectivity index (χ1v) is 13.8. The first-order valence-electron chi connectivity index (χ1n) is 13.0. The van der Waals surface area contributed by atoms with Gasteiger partial charge in [0.05, 0.1) is 6.04 Å². The molecule has 1 saturated heterocycles. The molecule has 4 aromatic rings. The molecule has 2 heterocycles. The van der Waals surface area contributed by atoms with Crippen LogP contribution in [0.2, 0.25) is 0 Å². The van der Waals surface area contributed by atoms with Gasteiger partial charge in [-0.2, -0.15) is 0 Å². The molecule has 0 aromatic heterocycles. The summed E-state index contributed by atoms with van der Waals surface area (Å²) in [5.41, 5.74) is 3.66. The van der Waals surface area contributed by atoms with Crippen LogP contribution in [-0.4, -0.2) is 29.4 Å². The maximum Gasteiger partial charge on any atom is 0.185 e. The highest BCUT2D eigenvalue weighted by molar-refractivity contribution is 9.10. The number of anilines is 1. The Morgan fingerprint density at radius 1 is 0.821 bits per heavy atom. The fourth-order valence-electron chi connectivity index (χ4n) is 6.91. The van der Waals surface area contributed by atoms with Gasteiger partial charge in [-0.3, -0.25) is 14.4 Å². The van der Waals surface area contributed by atoms with E-state index >= 15 is 0 Å². The Labute approximate surface area is 235 Å². The summed E-state index contributed by atoms with van der Waals surface area (Å²) in [7, 11) is 0. The predicted molar refractivity (Wildman–Crippen MR) is 155 cm³/mol. The molecule has 0 bridgehead atoms. The van der Waals surface area contributed by atoms with Crippen LogP contribution in [0.4, 0.5) is 5.69 Å². The van der Waals surface area contributed by atoms with Gasteiger partial charge in [0.2, 0.25) is 0 Å². The molecule has 4 nitrogen and oxygen atoms in total. The van der Waals surface area contributed by atoms with Crippen molar-refractivity contribution >= 4 is 45.0 Å². The SMILES string of the molecule is Cc1ccc2c(c1)C=CC1N2[C@H](C(=O)c2ccccc2)[C@@H](c2ccc(Br)cc2)C12C(=O)c1ccccc1C2=O. The third-order valence-corrected chi connectivity index (χ3v) is 9.04. The van der Waals surface area contributed by atoms with E-state index in [2.05, 4.69) is 26.9 Å². The molecule has 3 aliphatic rings. The lowest BCUT2D eigenvalue weighted by Gasteiger charge is -2.37. The van der Waals surface area contributed by atoms with Gasteiger partial charge in [-0.15, -0.1) is 0 Å². The smallest absolute Gasteiger partial charge is 0.185 e. The van der Waals surface area contributed by atoms with Gasteiger partial charge in [0, 0.05) is 32.8 Å². The second-order valence-electron chi connectivity index (χ2n) is 10.6. The molecule has 39 heavy (non-hydrogen) atoms. The summed E-state index contributed by atoms with van der Waals surface area (Å²) < 4.78 is 0.884. The van der Waals surface area contributed by atoms with Gasteiger partial charge in [-0.1, -0.05) is 106 Å². The molecule has 7 rings (SSSR count). The molecule has 3 atom stereocenters. The van der Waals surface area contributed by atoms with Crippen molar-refractivity contribution < 1.29 is 14.4 Å². The summed E-state index contributed by atoms with van der Waals surface area (Å²) in [6, 6.07) is 28.7. The Morgan fingerprint density at radius 3 is 2.13 bits per heavy atom. The minimum Gasteiger partial charge on any atom is -0.352 e. The van der Waals surface area contributed by atoms with E-state index < -0.39 is 23.4 Å². The summed E-state index contributed by atoms with van der Waals surface area (Å²) in [6.45, 7) is 2.03. The zero-order valence-electron chi connectivity index (χ0n) is 21.2. The third-order valence-electron chi connectivity index (χ3n) is 8.52. The molecule has 0 radical (unpaired) electrons. The maximum absolute atomic E-state index is 14.6. The van der Waals surface area contributed by atoms with Gasteiger partial charge in [-0.05, 0) is 42.3 Å². The van der Waals surface area contributed by atoms with Crippen molar-refractivity contribution in [3.05, 3.63) is 141 Å². The number of aryl methyl sites for hydroxylation is 1. The summed E-state index contributed by atoms with van der Waals surface area (Å²) >= 11 is 3.52. The van der Waals surface area contributed by atoms with Crippen LogP contribution in [0, 0.1) is 12.3 Å². The fraction of sp³-hybridized carbons (Fsp3) is 0.147. The molecule has 190 valence electrons. The monoisotopic (exact) mass is 573 g/mol. The molecule has 1 aliphatic carbocycles. The van der Waals surface area contributed by atoms with Crippen molar-refractivity contribution in [3.8, 4) is 0 Å². The number of hydrogen-bond acceptors (Lipinski definition) is 4. The van der Waals surface area contributed by atoms with Crippen molar-refractivity contribution in [1.29, 1.82) is 0 Å². The molecule has 0 amide bonds. The van der Waals surface area contributed by atoms with E-state index in [0.29, 0.717) is 16.7 Å². The highest BCUT2D eigenvalue weighted by atomic mass is 79.9. The zero-order chi connectivity index (χ0) is 26.9. The Balaban J connectivity index is 1.55. The molecule has 1 fully saturated rings.